The van der Waals surface area contributed by atoms with Crippen LogP contribution in [-0.2, 0) is 22.7 Å². The first kappa shape index (κ1) is 22.2. The summed E-state index contributed by atoms with van der Waals surface area (Å²) in [5.74, 6) is 2.48. The third-order valence-corrected chi connectivity index (χ3v) is 10.3. The Kier molecular flexibility index (Phi) is 5.91. The monoisotopic (exact) mass is 494 g/mol. The van der Waals surface area contributed by atoms with Crippen molar-refractivity contribution in [2.75, 3.05) is 42.6 Å². The Morgan fingerprint density at radius 1 is 0.971 bits per heavy atom. The predicted molar refractivity (Wildman–Crippen MR) is 140 cm³/mol. The van der Waals surface area contributed by atoms with Crippen molar-refractivity contribution < 1.29 is 8.42 Å². The minimum Gasteiger partial charge on any atom is -0.353 e. The highest BCUT2D eigenvalue weighted by molar-refractivity contribution is 7.91. The molecule has 34 heavy (non-hydrogen) atoms. The molecule has 3 aliphatic rings. The Balaban J connectivity index is 1.31. The molecule has 0 radical (unpaired) electrons. The molecule has 1 aliphatic carbocycles. The molecule has 4 heterocycles. The second-order valence-electron chi connectivity index (χ2n) is 9.62. The van der Waals surface area contributed by atoms with Crippen LogP contribution in [0.2, 0.25) is 0 Å². The van der Waals surface area contributed by atoms with Gasteiger partial charge in [0.15, 0.2) is 15.7 Å². The van der Waals surface area contributed by atoms with Crippen molar-refractivity contribution in [2.45, 2.75) is 38.1 Å². The van der Waals surface area contributed by atoms with Gasteiger partial charge in [-0.1, -0.05) is 36.4 Å². The van der Waals surface area contributed by atoms with Crippen molar-refractivity contribution in [3.63, 3.8) is 0 Å². The van der Waals surface area contributed by atoms with E-state index in [0.29, 0.717) is 11.5 Å². The number of benzene rings is 1. The van der Waals surface area contributed by atoms with Crippen LogP contribution in [0.25, 0.3) is 22.4 Å². The standard InChI is InChI=1S/C26H30N4O2S2/c31-34(32)17-12-20(18-34)29-13-15-30(16-14-29)25-24-21-8-4-5-9-22(21)33-26(24)28-23(27-25)11-10-19-6-2-1-3-7-19/h1-3,6-7,10-11,20H,4-5,8-9,12-18H2/b11-10+/t20-/m0/s1. The van der Waals surface area contributed by atoms with Crippen molar-refractivity contribution in [2.24, 2.45) is 0 Å². The summed E-state index contributed by atoms with van der Waals surface area (Å²) in [7, 11) is -2.86. The van der Waals surface area contributed by atoms with E-state index >= 15 is 0 Å². The van der Waals surface area contributed by atoms with Crippen molar-refractivity contribution >= 4 is 49.4 Å². The number of anilines is 1. The average molecular weight is 495 g/mol. The molecule has 2 saturated heterocycles. The van der Waals surface area contributed by atoms with Gasteiger partial charge in [0.2, 0.25) is 0 Å². The molecule has 6 rings (SSSR count). The Morgan fingerprint density at radius 3 is 2.53 bits per heavy atom. The van der Waals surface area contributed by atoms with Gasteiger partial charge in [-0.2, -0.15) is 0 Å². The molecule has 2 aromatic heterocycles. The number of fused-ring (bicyclic) bond motifs is 3. The average Bonchev–Trinajstić information content (AvgIpc) is 3.42. The molecule has 8 heteroatoms. The van der Waals surface area contributed by atoms with Crippen LogP contribution in [0, 0.1) is 0 Å². The molecule has 0 bridgehead atoms. The van der Waals surface area contributed by atoms with E-state index in [2.05, 4.69) is 28.0 Å². The zero-order valence-corrected chi connectivity index (χ0v) is 21.0. The molecule has 0 saturated carbocycles. The second kappa shape index (κ2) is 9.06. The smallest absolute Gasteiger partial charge is 0.155 e. The quantitative estimate of drug-likeness (QED) is 0.545. The number of hydrogen-bond acceptors (Lipinski definition) is 7. The highest BCUT2D eigenvalue weighted by Gasteiger charge is 2.34. The van der Waals surface area contributed by atoms with Gasteiger partial charge in [0.05, 0.1) is 16.9 Å². The van der Waals surface area contributed by atoms with Gasteiger partial charge in [0.1, 0.15) is 10.6 Å². The molecule has 2 aliphatic heterocycles. The lowest BCUT2D eigenvalue weighted by atomic mass is 9.97. The summed E-state index contributed by atoms with van der Waals surface area (Å²) in [6.07, 6.45) is 9.63. The number of piperazine rings is 1. The fourth-order valence-electron chi connectivity index (χ4n) is 5.55. The first-order valence-corrected chi connectivity index (χ1v) is 14.9. The topological polar surface area (TPSA) is 66.4 Å². The Bertz CT molecular complexity index is 1330. The fourth-order valence-corrected chi connectivity index (χ4v) is 8.58. The number of thiophene rings is 1. The second-order valence-corrected chi connectivity index (χ2v) is 12.9. The van der Waals surface area contributed by atoms with Gasteiger partial charge in [0, 0.05) is 37.1 Å². The van der Waals surface area contributed by atoms with E-state index in [4.69, 9.17) is 9.97 Å². The summed E-state index contributed by atoms with van der Waals surface area (Å²) in [6.45, 7) is 3.50. The molecule has 0 unspecified atom stereocenters. The molecule has 0 amide bonds. The molecular formula is C26H30N4O2S2. The van der Waals surface area contributed by atoms with Gasteiger partial charge in [0.25, 0.3) is 0 Å². The maximum atomic E-state index is 12.0. The van der Waals surface area contributed by atoms with Crippen LogP contribution in [0.4, 0.5) is 5.82 Å². The summed E-state index contributed by atoms with van der Waals surface area (Å²) in [5.41, 5.74) is 2.60. The van der Waals surface area contributed by atoms with Crippen molar-refractivity contribution in [1.82, 2.24) is 14.9 Å². The SMILES string of the molecule is O=S1(=O)CC[C@H](N2CCN(c3nc(/C=C/c4ccccc4)nc4sc5c(c34)CCCC5)CC2)C1. The predicted octanol–water partition coefficient (Wildman–Crippen LogP) is 4.05. The Labute approximate surface area is 205 Å². The number of hydrogen-bond donors (Lipinski definition) is 0. The van der Waals surface area contributed by atoms with E-state index in [0.717, 1.165) is 67.5 Å². The lowest BCUT2D eigenvalue weighted by molar-refractivity contribution is 0.200. The summed E-state index contributed by atoms with van der Waals surface area (Å²) < 4.78 is 23.9. The van der Waals surface area contributed by atoms with E-state index in [9.17, 15) is 8.42 Å². The van der Waals surface area contributed by atoms with E-state index in [1.54, 1.807) is 0 Å². The number of aromatic nitrogens is 2. The fraction of sp³-hybridized carbons (Fsp3) is 0.462. The molecule has 1 atom stereocenters. The summed E-state index contributed by atoms with van der Waals surface area (Å²) >= 11 is 1.85. The highest BCUT2D eigenvalue weighted by atomic mass is 32.2. The van der Waals surface area contributed by atoms with Crippen molar-refractivity contribution in [3.05, 3.63) is 52.2 Å². The van der Waals surface area contributed by atoms with Gasteiger partial charge >= 0.3 is 0 Å². The first-order valence-electron chi connectivity index (χ1n) is 12.3. The minimum atomic E-state index is -2.86. The molecular weight excluding hydrogens is 464 g/mol. The van der Waals surface area contributed by atoms with Crippen LogP contribution < -0.4 is 4.90 Å². The maximum absolute atomic E-state index is 12.0. The van der Waals surface area contributed by atoms with Gasteiger partial charge in [-0.15, -0.1) is 11.3 Å². The Morgan fingerprint density at radius 2 is 1.76 bits per heavy atom. The summed E-state index contributed by atoms with van der Waals surface area (Å²) in [4.78, 5) is 17.4. The molecule has 0 spiro atoms. The molecule has 1 aromatic carbocycles. The lowest BCUT2D eigenvalue weighted by Gasteiger charge is -2.38. The van der Waals surface area contributed by atoms with Crippen molar-refractivity contribution in [1.29, 1.82) is 0 Å². The van der Waals surface area contributed by atoms with E-state index in [1.165, 1.54) is 28.7 Å². The molecule has 0 N–H and O–H groups in total. The highest BCUT2D eigenvalue weighted by Crippen LogP contribution is 2.40. The number of aryl methyl sites for hydroxylation is 2. The minimum absolute atomic E-state index is 0.177. The van der Waals surface area contributed by atoms with Crippen LogP contribution in [0.5, 0.6) is 0 Å². The zero-order chi connectivity index (χ0) is 23.1. The lowest BCUT2D eigenvalue weighted by Crippen LogP contribution is -2.51. The third kappa shape index (κ3) is 4.39. The van der Waals surface area contributed by atoms with Crippen LogP contribution >= 0.6 is 11.3 Å². The van der Waals surface area contributed by atoms with Gasteiger partial charge in [-0.25, -0.2) is 18.4 Å². The Hall–Kier alpha value is -2.29. The van der Waals surface area contributed by atoms with Crippen LogP contribution in [0.15, 0.2) is 30.3 Å². The zero-order valence-electron chi connectivity index (χ0n) is 19.3. The molecule has 3 aromatic rings. The van der Waals surface area contributed by atoms with E-state index < -0.39 is 9.84 Å². The maximum Gasteiger partial charge on any atom is 0.155 e. The summed E-state index contributed by atoms with van der Waals surface area (Å²) in [6, 6.07) is 10.4. The van der Waals surface area contributed by atoms with E-state index in [1.807, 2.05) is 35.6 Å². The third-order valence-electron chi connectivity index (χ3n) is 7.38. The largest absolute Gasteiger partial charge is 0.353 e. The van der Waals surface area contributed by atoms with Crippen LogP contribution in [0.1, 0.15) is 41.1 Å². The number of sulfone groups is 1. The molecule has 2 fully saturated rings. The normalized spacial score (nSPS) is 23.1. The molecule has 6 nitrogen and oxygen atoms in total. The van der Waals surface area contributed by atoms with Crippen LogP contribution in [0.3, 0.4) is 0 Å². The first-order chi connectivity index (χ1) is 16.6. The van der Waals surface area contributed by atoms with Crippen molar-refractivity contribution in [3.8, 4) is 0 Å². The summed E-state index contributed by atoms with van der Waals surface area (Å²) in [5, 5.41) is 1.26. The number of nitrogens with zero attached hydrogens (tertiary/aromatic N) is 4. The van der Waals surface area contributed by atoms with Gasteiger partial charge in [-0.05, 0) is 49.3 Å². The van der Waals surface area contributed by atoms with E-state index in [-0.39, 0.29) is 6.04 Å². The number of rotatable bonds is 4. The van der Waals surface area contributed by atoms with Gasteiger partial charge in [-0.3, -0.25) is 4.90 Å². The van der Waals surface area contributed by atoms with Crippen LogP contribution in [-0.4, -0.2) is 67.0 Å². The molecule has 178 valence electrons. The van der Waals surface area contributed by atoms with Gasteiger partial charge < -0.3 is 4.90 Å².